The summed E-state index contributed by atoms with van der Waals surface area (Å²) in [6.07, 6.45) is -2.09. The van der Waals surface area contributed by atoms with Crippen LogP contribution in [-0.2, 0) is 6.18 Å². The van der Waals surface area contributed by atoms with Gasteiger partial charge in [-0.15, -0.1) is 11.3 Å². The molecule has 1 saturated heterocycles. The Balaban J connectivity index is 1.58. The molecule has 1 N–H and O–H groups in total. The third-order valence-corrected chi connectivity index (χ3v) is 5.01. The fraction of sp³-hybridized carbons (Fsp3) is 0.438. The minimum Gasteiger partial charge on any atom is -0.348 e. The van der Waals surface area contributed by atoms with Gasteiger partial charge in [0.15, 0.2) is 0 Å². The number of hydrogen-bond donors (Lipinski definition) is 1. The van der Waals surface area contributed by atoms with Gasteiger partial charge in [-0.25, -0.2) is 9.97 Å². The van der Waals surface area contributed by atoms with Crippen LogP contribution in [0.1, 0.15) is 33.1 Å². The lowest BCUT2D eigenvalue weighted by Crippen LogP contribution is -2.45. The maximum atomic E-state index is 12.7. The van der Waals surface area contributed by atoms with E-state index >= 15 is 0 Å². The third kappa shape index (κ3) is 4.28. The Morgan fingerprint density at radius 2 is 2.00 bits per heavy atom. The number of thiophene rings is 1. The lowest BCUT2D eigenvalue weighted by molar-refractivity contribution is -0.141. The molecule has 1 fully saturated rings. The summed E-state index contributed by atoms with van der Waals surface area (Å²) in [5, 5.41) is 2.98. The number of aromatic nitrogens is 2. The van der Waals surface area contributed by atoms with Gasteiger partial charge in [0, 0.05) is 30.2 Å². The number of piperidine rings is 1. The molecular formula is C16H17F3N4OS. The second-order valence-corrected chi connectivity index (χ2v) is 7.17. The molecule has 3 heterocycles. The van der Waals surface area contributed by atoms with Crippen LogP contribution in [0.25, 0.3) is 0 Å². The van der Waals surface area contributed by atoms with E-state index in [2.05, 4.69) is 15.3 Å². The molecule has 1 amide bonds. The molecule has 0 unspecified atom stereocenters. The maximum Gasteiger partial charge on any atom is 0.433 e. The van der Waals surface area contributed by atoms with Gasteiger partial charge in [0.05, 0.1) is 4.88 Å². The standard InChI is InChI=1S/C16H17F3N4OS/c1-10-2-3-12(25-10)14(24)21-11-5-8-23(9-6-11)15-20-7-4-13(22-15)16(17,18)19/h2-4,7,11H,5-6,8-9H2,1H3,(H,21,24). The lowest BCUT2D eigenvalue weighted by atomic mass is 10.1. The van der Waals surface area contributed by atoms with Crippen molar-refractivity contribution in [3.05, 3.63) is 39.8 Å². The highest BCUT2D eigenvalue weighted by Crippen LogP contribution is 2.28. The summed E-state index contributed by atoms with van der Waals surface area (Å²) in [4.78, 5) is 23.2. The van der Waals surface area contributed by atoms with Crippen molar-refractivity contribution in [2.45, 2.75) is 32.0 Å². The number of carbonyl (C=O) groups is 1. The van der Waals surface area contributed by atoms with Gasteiger partial charge in [0.2, 0.25) is 5.95 Å². The average molecular weight is 370 g/mol. The normalized spacial score (nSPS) is 16.1. The SMILES string of the molecule is Cc1ccc(C(=O)NC2CCN(c3nccc(C(F)(F)F)n3)CC2)s1. The Morgan fingerprint density at radius 3 is 2.60 bits per heavy atom. The first-order valence-electron chi connectivity index (χ1n) is 7.85. The topological polar surface area (TPSA) is 58.1 Å². The molecule has 0 aliphatic carbocycles. The summed E-state index contributed by atoms with van der Waals surface area (Å²) < 4.78 is 38.2. The molecule has 2 aromatic heterocycles. The number of aryl methyl sites for hydroxylation is 1. The number of anilines is 1. The van der Waals surface area contributed by atoms with E-state index in [1.807, 2.05) is 13.0 Å². The highest BCUT2D eigenvalue weighted by atomic mass is 32.1. The van der Waals surface area contributed by atoms with Crippen LogP contribution in [0.4, 0.5) is 19.1 Å². The van der Waals surface area contributed by atoms with E-state index in [0.717, 1.165) is 17.1 Å². The molecule has 134 valence electrons. The molecule has 9 heteroatoms. The Morgan fingerprint density at radius 1 is 1.28 bits per heavy atom. The first-order chi connectivity index (χ1) is 11.8. The first kappa shape index (κ1) is 17.7. The van der Waals surface area contributed by atoms with Gasteiger partial charge in [-0.05, 0) is 38.0 Å². The van der Waals surface area contributed by atoms with Crippen LogP contribution in [0.3, 0.4) is 0 Å². The smallest absolute Gasteiger partial charge is 0.348 e. The Hall–Kier alpha value is -2.16. The summed E-state index contributed by atoms with van der Waals surface area (Å²) >= 11 is 1.44. The van der Waals surface area contributed by atoms with E-state index in [1.165, 1.54) is 11.3 Å². The Bertz CT molecular complexity index is 754. The minimum absolute atomic E-state index is 0.00282. The van der Waals surface area contributed by atoms with Gasteiger partial charge >= 0.3 is 6.18 Å². The first-order valence-corrected chi connectivity index (χ1v) is 8.67. The predicted molar refractivity (Wildman–Crippen MR) is 88.8 cm³/mol. The van der Waals surface area contributed by atoms with Crippen LogP contribution in [-0.4, -0.2) is 35.0 Å². The maximum absolute atomic E-state index is 12.7. The van der Waals surface area contributed by atoms with Crippen molar-refractivity contribution in [3.63, 3.8) is 0 Å². The van der Waals surface area contributed by atoms with Crippen molar-refractivity contribution in [3.8, 4) is 0 Å². The molecule has 3 rings (SSSR count). The number of rotatable bonds is 3. The van der Waals surface area contributed by atoms with Crippen LogP contribution in [0.15, 0.2) is 24.4 Å². The number of amides is 1. The largest absolute Gasteiger partial charge is 0.433 e. The number of nitrogens with one attached hydrogen (secondary N) is 1. The van der Waals surface area contributed by atoms with E-state index in [1.54, 1.807) is 11.0 Å². The fourth-order valence-electron chi connectivity index (χ4n) is 2.70. The van der Waals surface area contributed by atoms with Crippen molar-refractivity contribution in [2.24, 2.45) is 0 Å². The summed E-state index contributed by atoms with van der Waals surface area (Å²) in [5.74, 6) is -0.0275. The summed E-state index contributed by atoms with van der Waals surface area (Å²) in [6, 6.07) is 4.55. The molecule has 0 spiro atoms. The van der Waals surface area contributed by atoms with Crippen molar-refractivity contribution < 1.29 is 18.0 Å². The van der Waals surface area contributed by atoms with E-state index in [9.17, 15) is 18.0 Å². The number of alkyl halides is 3. The molecule has 25 heavy (non-hydrogen) atoms. The van der Waals surface area contributed by atoms with Crippen LogP contribution in [0.2, 0.25) is 0 Å². The number of nitrogens with zero attached hydrogens (tertiary/aromatic N) is 3. The van der Waals surface area contributed by atoms with Crippen molar-refractivity contribution in [1.29, 1.82) is 0 Å². The third-order valence-electron chi connectivity index (χ3n) is 4.01. The molecule has 0 aromatic carbocycles. The van der Waals surface area contributed by atoms with Gasteiger partial charge in [0.25, 0.3) is 5.91 Å². The molecule has 5 nitrogen and oxygen atoms in total. The molecule has 2 aromatic rings. The zero-order chi connectivity index (χ0) is 18.0. The van der Waals surface area contributed by atoms with Crippen LogP contribution in [0, 0.1) is 6.92 Å². The Labute approximate surface area is 146 Å². The summed E-state index contributed by atoms with van der Waals surface area (Å²) in [5.41, 5.74) is -0.944. The van der Waals surface area contributed by atoms with Crippen LogP contribution >= 0.6 is 11.3 Å². The van der Waals surface area contributed by atoms with Crippen molar-refractivity contribution >= 4 is 23.2 Å². The molecule has 0 bridgehead atoms. The number of hydrogen-bond acceptors (Lipinski definition) is 5. The average Bonchev–Trinajstić information content (AvgIpc) is 3.01. The fourth-order valence-corrected chi connectivity index (χ4v) is 3.47. The van der Waals surface area contributed by atoms with Crippen LogP contribution < -0.4 is 10.2 Å². The monoisotopic (exact) mass is 370 g/mol. The molecule has 1 aliphatic rings. The van der Waals surface area contributed by atoms with E-state index in [4.69, 9.17) is 0 Å². The van der Waals surface area contributed by atoms with Gasteiger partial charge in [-0.1, -0.05) is 0 Å². The van der Waals surface area contributed by atoms with Gasteiger partial charge in [-0.3, -0.25) is 4.79 Å². The molecule has 1 aliphatic heterocycles. The van der Waals surface area contributed by atoms with Crippen molar-refractivity contribution in [2.75, 3.05) is 18.0 Å². The highest BCUT2D eigenvalue weighted by Gasteiger charge is 2.33. The van der Waals surface area contributed by atoms with Crippen molar-refractivity contribution in [1.82, 2.24) is 15.3 Å². The lowest BCUT2D eigenvalue weighted by Gasteiger charge is -2.32. The zero-order valence-electron chi connectivity index (χ0n) is 13.5. The summed E-state index contributed by atoms with van der Waals surface area (Å²) in [7, 11) is 0. The van der Waals surface area contributed by atoms with Gasteiger partial charge in [0.1, 0.15) is 5.69 Å². The number of halogens is 3. The second-order valence-electron chi connectivity index (χ2n) is 5.88. The van der Waals surface area contributed by atoms with E-state index in [-0.39, 0.29) is 17.9 Å². The molecular weight excluding hydrogens is 353 g/mol. The van der Waals surface area contributed by atoms with E-state index < -0.39 is 11.9 Å². The second kappa shape index (κ2) is 6.99. The van der Waals surface area contributed by atoms with Gasteiger partial charge < -0.3 is 10.2 Å². The molecule has 0 atom stereocenters. The Kier molecular flexibility index (Phi) is 4.94. The highest BCUT2D eigenvalue weighted by molar-refractivity contribution is 7.13. The van der Waals surface area contributed by atoms with Gasteiger partial charge in [-0.2, -0.15) is 13.2 Å². The predicted octanol–water partition coefficient (Wildman–Crippen LogP) is 3.26. The van der Waals surface area contributed by atoms with E-state index in [0.29, 0.717) is 30.8 Å². The quantitative estimate of drug-likeness (QED) is 0.901. The number of carbonyl (C=O) groups excluding carboxylic acids is 1. The zero-order valence-corrected chi connectivity index (χ0v) is 14.3. The van der Waals surface area contributed by atoms with Crippen LogP contribution in [0.5, 0.6) is 0 Å². The minimum atomic E-state index is -4.48. The molecule has 0 radical (unpaired) electrons. The molecule has 0 saturated carbocycles. The summed E-state index contributed by atoms with van der Waals surface area (Å²) in [6.45, 7) is 2.93.